The lowest BCUT2D eigenvalue weighted by molar-refractivity contribution is -0.125. The topological polar surface area (TPSA) is 67.4 Å². The van der Waals surface area contributed by atoms with Crippen molar-refractivity contribution in [3.63, 3.8) is 0 Å². The Labute approximate surface area is 167 Å². The maximum atomic E-state index is 12.3. The number of hydroxylamine groups is 1. The van der Waals surface area contributed by atoms with E-state index < -0.39 is 0 Å². The van der Waals surface area contributed by atoms with Gasteiger partial charge in [-0.05, 0) is 36.1 Å². The van der Waals surface area contributed by atoms with Gasteiger partial charge in [-0.25, -0.2) is 5.48 Å². The number of carbonyl (C=O) groups is 2. The molecule has 150 valence electrons. The van der Waals surface area contributed by atoms with E-state index in [0.29, 0.717) is 18.7 Å². The van der Waals surface area contributed by atoms with Crippen molar-refractivity contribution < 1.29 is 14.4 Å². The zero-order valence-corrected chi connectivity index (χ0v) is 16.7. The Hall–Kier alpha value is -2.66. The molecule has 5 nitrogen and oxygen atoms in total. The third-order valence-electron chi connectivity index (χ3n) is 4.57. The summed E-state index contributed by atoms with van der Waals surface area (Å²) in [6, 6.07) is 16.8. The van der Waals surface area contributed by atoms with Crippen LogP contribution in [0.25, 0.3) is 0 Å². The molecule has 0 saturated carbocycles. The fourth-order valence-electron chi connectivity index (χ4n) is 3.03. The Balaban J connectivity index is 1.78. The number of benzene rings is 2. The summed E-state index contributed by atoms with van der Waals surface area (Å²) in [5.41, 5.74) is 4.91. The fourth-order valence-corrected chi connectivity index (χ4v) is 3.03. The van der Waals surface area contributed by atoms with E-state index in [2.05, 4.69) is 24.6 Å². The standard InChI is InChI=1S/C23H30N2O3/c1-3-8-20(9-4-2)22(26)24-16-18-12-14-21(15-13-18)23(27)25-28-17-19-10-6-5-7-11-19/h5-7,10-15,20H,3-4,8-9,16-17H2,1-2H3,(H,24,26)(H,25,27). The number of carbonyl (C=O) groups excluding carboxylic acids is 2. The van der Waals surface area contributed by atoms with Gasteiger partial charge >= 0.3 is 0 Å². The second-order valence-electron chi connectivity index (χ2n) is 6.89. The third kappa shape index (κ3) is 7.16. The van der Waals surface area contributed by atoms with E-state index in [1.165, 1.54) is 0 Å². The molecule has 0 fully saturated rings. The SMILES string of the molecule is CCCC(CCC)C(=O)NCc1ccc(C(=O)NOCc2ccccc2)cc1. The average Bonchev–Trinajstić information content (AvgIpc) is 2.73. The van der Waals surface area contributed by atoms with Crippen molar-refractivity contribution in [2.75, 3.05) is 0 Å². The van der Waals surface area contributed by atoms with Crippen molar-refractivity contribution in [2.45, 2.75) is 52.7 Å². The Morgan fingerprint density at radius 3 is 2.14 bits per heavy atom. The first-order valence-electron chi connectivity index (χ1n) is 9.96. The summed E-state index contributed by atoms with van der Waals surface area (Å²) in [4.78, 5) is 29.7. The molecule has 0 aliphatic heterocycles. The quantitative estimate of drug-likeness (QED) is 0.567. The molecule has 2 amide bonds. The van der Waals surface area contributed by atoms with E-state index in [-0.39, 0.29) is 17.7 Å². The normalized spacial score (nSPS) is 10.7. The van der Waals surface area contributed by atoms with Crippen molar-refractivity contribution >= 4 is 11.8 Å². The maximum Gasteiger partial charge on any atom is 0.274 e. The largest absolute Gasteiger partial charge is 0.352 e. The molecule has 2 rings (SSSR count). The molecule has 0 radical (unpaired) electrons. The number of amides is 2. The van der Waals surface area contributed by atoms with Gasteiger partial charge < -0.3 is 5.32 Å². The lowest BCUT2D eigenvalue weighted by Gasteiger charge is -2.15. The summed E-state index contributed by atoms with van der Waals surface area (Å²) in [6.07, 6.45) is 3.85. The second kappa shape index (κ2) is 11.9. The highest BCUT2D eigenvalue weighted by Gasteiger charge is 2.16. The van der Waals surface area contributed by atoms with Crippen LogP contribution in [0.2, 0.25) is 0 Å². The highest BCUT2D eigenvalue weighted by molar-refractivity contribution is 5.93. The minimum Gasteiger partial charge on any atom is -0.352 e. The molecule has 0 heterocycles. The Kier molecular flexibility index (Phi) is 9.22. The summed E-state index contributed by atoms with van der Waals surface area (Å²) in [5, 5.41) is 3.01. The first kappa shape index (κ1) is 21.6. The molecular weight excluding hydrogens is 352 g/mol. The Morgan fingerprint density at radius 1 is 0.893 bits per heavy atom. The lowest BCUT2D eigenvalue weighted by atomic mass is 9.97. The number of nitrogens with one attached hydrogen (secondary N) is 2. The van der Waals surface area contributed by atoms with E-state index in [0.717, 1.165) is 36.8 Å². The van der Waals surface area contributed by atoms with Gasteiger partial charge in [0.1, 0.15) is 0 Å². The number of hydrogen-bond acceptors (Lipinski definition) is 3. The summed E-state index contributed by atoms with van der Waals surface area (Å²) in [7, 11) is 0. The van der Waals surface area contributed by atoms with Crippen LogP contribution in [-0.2, 0) is 22.8 Å². The summed E-state index contributed by atoms with van der Waals surface area (Å²) >= 11 is 0. The van der Waals surface area contributed by atoms with Crippen LogP contribution in [0.1, 0.15) is 61.0 Å². The zero-order valence-electron chi connectivity index (χ0n) is 16.7. The van der Waals surface area contributed by atoms with Gasteiger partial charge in [0.15, 0.2) is 0 Å². The maximum absolute atomic E-state index is 12.3. The predicted molar refractivity (Wildman–Crippen MR) is 110 cm³/mol. The van der Waals surface area contributed by atoms with Gasteiger partial charge in [-0.3, -0.25) is 14.4 Å². The van der Waals surface area contributed by atoms with E-state index in [9.17, 15) is 9.59 Å². The van der Waals surface area contributed by atoms with Gasteiger partial charge in [-0.2, -0.15) is 0 Å². The molecule has 2 aromatic carbocycles. The van der Waals surface area contributed by atoms with Crippen LogP contribution in [0, 0.1) is 5.92 Å². The first-order valence-corrected chi connectivity index (χ1v) is 9.96. The van der Waals surface area contributed by atoms with Crippen molar-refractivity contribution in [3.8, 4) is 0 Å². The molecule has 0 aromatic heterocycles. The highest BCUT2D eigenvalue weighted by atomic mass is 16.6. The molecule has 0 unspecified atom stereocenters. The molecule has 0 spiro atoms. The summed E-state index contributed by atoms with van der Waals surface area (Å²) in [6.45, 7) is 4.98. The number of hydrogen-bond donors (Lipinski definition) is 2. The van der Waals surface area contributed by atoms with Crippen molar-refractivity contribution in [2.24, 2.45) is 5.92 Å². The van der Waals surface area contributed by atoms with Crippen LogP contribution >= 0.6 is 0 Å². The molecule has 2 aromatic rings. The van der Waals surface area contributed by atoms with Crippen LogP contribution in [0.3, 0.4) is 0 Å². The zero-order chi connectivity index (χ0) is 20.2. The van der Waals surface area contributed by atoms with Crippen LogP contribution in [-0.4, -0.2) is 11.8 Å². The van der Waals surface area contributed by atoms with Crippen LogP contribution in [0.4, 0.5) is 0 Å². The van der Waals surface area contributed by atoms with E-state index in [4.69, 9.17) is 4.84 Å². The monoisotopic (exact) mass is 382 g/mol. The van der Waals surface area contributed by atoms with E-state index in [1.807, 2.05) is 42.5 Å². The van der Waals surface area contributed by atoms with Gasteiger partial charge in [-0.1, -0.05) is 69.2 Å². The van der Waals surface area contributed by atoms with E-state index in [1.54, 1.807) is 12.1 Å². The Bertz CT molecular complexity index is 723. The number of rotatable bonds is 11. The van der Waals surface area contributed by atoms with Gasteiger partial charge in [-0.15, -0.1) is 0 Å². The fraction of sp³-hybridized carbons (Fsp3) is 0.391. The summed E-state index contributed by atoms with van der Waals surface area (Å²) < 4.78 is 0. The van der Waals surface area contributed by atoms with E-state index >= 15 is 0 Å². The summed E-state index contributed by atoms with van der Waals surface area (Å²) in [5.74, 6) is -0.0980. The first-order chi connectivity index (χ1) is 13.6. The molecule has 28 heavy (non-hydrogen) atoms. The van der Waals surface area contributed by atoms with Gasteiger partial charge in [0.05, 0.1) is 6.61 Å². The lowest BCUT2D eigenvalue weighted by Crippen LogP contribution is -2.30. The van der Waals surface area contributed by atoms with Gasteiger partial charge in [0.25, 0.3) is 5.91 Å². The smallest absolute Gasteiger partial charge is 0.274 e. The Morgan fingerprint density at radius 2 is 1.54 bits per heavy atom. The molecule has 0 atom stereocenters. The molecule has 0 saturated heterocycles. The van der Waals surface area contributed by atoms with Gasteiger partial charge in [0.2, 0.25) is 5.91 Å². The average molecular weight is 383 g/mol. The molecule has 2 N–H and O–H groups in total. The molecule has 0 aliphatic carbocycles. The molecular formula is C23H30N2O3. The van der Waals surface area contributed by atoms with Gasteiger partial charge in [0, 0.05) is 18.0 Å². The predicted octanol–water partition coefficient (Wildman–Crippen LogP) is 4.38. The van der Waals surface area contributed by atoms with Crippen molar-refractivity contribution in [1.82, 2.24) is 10.8 Å². The minimum absolute atomic E-state index is 0.0850. The van der Waals surface area contributed by atoms with Crippen molar-refractivity contribution in [3.05, 3.63) is 71.3 Å². The third-order valence-corrected chi connectivity index (χ3v) is 4.57. The van der Waals surface area contributed by atoms with Crippen molar-refractivity contribution in [1.29, 1.82) is 0 Å². The van der Waals surface area contributed by atoms with Crippen LogP contribution in [0.15, 0.2) is 54.6 Å². The molecule has 0 aliphatic rings. The molecule has 5 heteroatoms. The highest BCUT2D eigenvalue weighted by Crippen LogP contribution is 2.14. The van der Waals surface area contributed by atoms with Crippen LogP contribution < -0.4 is 10.8 Å². The van der Waals surface area contributed by atoms with Crippen LogP contribution in [0.5, 0.6) is 0 Å². The minimum atomic E-state index is -0.294. The second-order valence-corrected chi connectivity index (χ2v) is 6.89. The molecule has 0 bridgehead atoms.